The summed E-state index contributed by atoms with van der Waals surface area (Å²) in [5.74, 6) is 1.47. The molecule has 1 aromatic carbocycles. The van der Waals surface area contributed by atoms with Gasteiger partial charge in [-0.15, -0.1) is 0 Å². The fourth-order valence-corrected chi connectivity index (χ4v) is 2.51. The highest BCUT2D eigenvalue weighted by Crippen LogP contribution is 2.27. The monoisotopic (exact) mass is 297 g/mol. The topological polar surface area (TPSA) is 63.2 Å². The third kappa shape index (κ3) is 3.43. The lowest BCUT2D eigenvalue weighted by molar-refractivity contribution is -0.117. The average Bonchev–Trinajstić information content (AvgIpc) is 3.05. The van der Waals surface area contributed by atoms with Gasteiger partial charge < -0.3 is 15.4 Å². The number of hydrogen-bond acceptors (Lipinski definition) is 4. The van der Waals surface area contributed by atoms with Crippen LogP contribution in [0.25, 0.3) is 0 Å². The Morgan fingerprint density at radius 1 is 1.41 bits per heavy atom. The van der Waals surface area contributed by atoms with E-state index in [-0.39, 0.29) is 11.9 Å². The first-order valence-electron chi connectivity index (χ1n) is 7.45. The SMILES string of the molecule is Cc1cc(NC(=O)C2CCCN2)ccc1Oc1cccnc1. The lowest BCUT2D eigenvalue weighted by Gasteiger charge is -2.13. The maximum atomic E-state index is 12.1. The fourth-order valence-electron chi connectivity index (χ4n) is 2.51. The fraction of sp³-hybridized carbons (Fsp3) is 0.294. The van der Waals surface area contributed by atoms with Gasteiger partial charge in [0.1, 0.15) is 11.5 Å². The molecule has 0 radical (unpaired) electrons. The molecule has 2 heterocycles. The Labute approximate surface area is 129 Å². The van der Waals surface area contributed by atoms with E-state index < -0.39 is 0 Å². The molecule has 0 aliphatic carbocycles. The second kappa shape index (κ2) is 6.58. The second-order valence-electron chi connectivity index (χ2n) is 5.41. The Kier molecular flexibility index (Phi) is 4.34. The van der Waals surface area contributed by atoms with Gasteiger partial charge in [-0.1, -0.05) is 0 Å². The van der Waals surface area contributed by atoms with Crippen LogP contribution in [0.5, 0.6) is 11.5 Å². The smallest absolute Gasteiger partial charge is 0.241 e. The van der Waals surface area contributed by atoms with E-state index in [9.17, 15) is 4.79 Å². The third-order valence-corrected chi connectivity index (χ3v) is 3.68. The van der Waals surface area contributed by atoms with Gasteiger partial charge in [0.15, 0.2) is 0 Å². The number of nitrogens with zero attached hydrogens (tertiary/aromatic N) is 1. The van der Waals surface area contributed by atoms with Gasteiger partial charge >= 0.3 is 0 Å². The van der Waals surface area contributed by atoms with Crippen LogP contribution in [0, 0.1) is 6.92 Å². The number of rotatable bonds is 4. The van der Waals surface area contributed by atoms with Crippen LogP contribution in [0.1, 0.15) is 18.4 Å². The minimum Gasteiger partial charge on any atom is -0.455 e. The van der Waals surface area contributed by atoms with Crippen LogP contribution in [0.3, 0.4) is 0 Å². The Balaban J connectivity index is 1.68. The van der Waals surface area contributed by atoms with Crippen molar-refractivity contribution in [2.75, 3.05) is 11.9 Å². The number of ether oxygens (including phenoxy) is 1. The van der Waals surface area contributed by atoms with Gasteiger partial charge in [-0.25, -0.2) is 0 Å². The normalized spacial score (nSPS) is 17.2. The Hall–Kier alpha value is -2.40. The Morgan fingerprint density at radius 2 is 2.32 bits per heavy atom. The van der Waals surface area contributed by atoms with E-state index in [4.69, 9.17) is 4.74 Å². The third-order valence-electron chi connectivity index (χ3n) is 3.68. The minimum absolute atomic E-state index is 0.0258. The van der Waals surface area contributed by atoms with Crippen LogP contribution in [0.4, 0.5) is 5.69 Å². The van der Waals surface area contributed by atoms with E-state index in [1.807, 2.05) is 37.3 Å². The summed E-state index contributed by atoms with van der Waals surface area (Å²) in [6.45, 7) is 2.87. The van der Waals surface area contributed by atoms with Crippen molar-refractivity contribution in [3.05, 3.63) is 48.3 Å². The molecule has 114 valence electrons. The van der Waals surface area contributed by atoms with Crippen molar-refractivity contribution in [2.45, 2.75) is 25.8 Å². The number of pyridine rings is 1. The number of anilines is 1. The molecule has 2 N–H and O–H groups in total. The maximum absolute atomic E-state index is 12.1. The van der Waals surface area contributed by atoms with Gasteiger partial charge in [0, 0.05) is 11.9 Å². The highest BCUT2D eigenvalue weighted by Gasteiger charge is 2.21. The van der Waals surface area contributed by atoms with Gasteiger partial charge in [0.2, 0.25) is 5.91 Å². The van der Waals surface area contributed by atoms with Gasteiger partial charge in [-0.2, -0.15) is 0 Å². The zero-order valence-electron chi connectivity index (χ0n) is 12.5. The summed E-state index contributed by atoms with van der Waals surface area (Å²) < 4.78 is 5.78. The predicted molar refractivity (Wildman–Crippen MR) is 85.1 cm³/mol. The summed E-state index contributed by atoms with van der Waals surface area (Å²) in [7, 11) is 0. The Morgan fingerprint density at radius 3 is 3.00 bits per heavy atom. The molecular formula is C17H19N3O2. The number of nitrogens with one attached hydrogen (secondary N) is 2. The lowest BCUT2D eigenvalue weighted by atomic mass is 10.1. The number of carbonyl (C=O) groups is 1. The van der Waals surface area contributed by atoms with Crippen LogP contribution in [0.2, 0.25) is 0 Å². The van der Waals surface area contributed by atoms with E-state index in [2.05, 4.69) is 15.6 Å². The molecule has 1 aliphatic rings. The van der Waals surface area contributed by atoms with E-state index in [0.717, 1.165) is 36.4 Å². The largest absolute Gasteiger partial charge is 0.455 e. The van der Waals surface area contributed by atoms with Crippen molar-refractivity contribution >= 4 is 11.6 Å². The molecule has 0 spiro atoms. The molecule has 1 unspecified atom stereocenters. The van der Waals surface area contributed by atoms with Gasteiger partial charge in [0.05, 0.1) is 12.2 Å². The lowest BCUT2D eigenvalue weighted by Crippen LogP contribution is -2.35. The summed E-state index contributed by atoms with van der Waals surface area (Å²) >= 11 is 0. The number of aryl methyl sites for hydroxylation is 1. The van der Waals surface area contributed by atoms with Crippen LogP contribution in [0.15, 0.2) is 42.7 Å². The molecule has 1 aromatic heterocycles. The molecule has 5 nitrogen and oxygen atoms in total. The Bertz CT molecular complexity index is 652. The van der Waals surface area contributed by atoms with Crippen LogP contribution < -0.4 is 15.4 Å². The molecule has 1 aliphatic heterocycles. The quantitative estimate of drug-likeness (QED) is 0.911. The number of hydrogen-bond donors (Lipinski definition) is 2. The number of benzene rings is 1. The highest BCUT2D eigenvalue weighted by molar-refractivity contribution is 5.95. The first-order chi connectivity index (χ1) is 10.7. The highest BCUT2D eigenvalue weighted by atomic mass is 16.5. The van der Waals surface area contributed by atoms with Gasteiger partial charge in [0.25, 0.3) is 0 Å². The second-order valence-corrected chi connectivity index (χ2v) is 5.41. The van der Waals surface area contributed by atoms with Crippen molar-refractivity contribution in [3.8, 4) is 11.5 Å². The molecule has 5 heteroatoms. The molecule has 1 fully saturated rings. The summed E-state index contributed by atoms with van der Waals surface area (Å²) in [6.07, 6.45) is 5.32. The average molecular weight is 297 g/mol. The van der Waals surface area contributed by atoms with Crippen LogP contribution in [-0.2, 0) is 4.79 Å². The molecule has 1 saturated heterocycles. The summed E-state index contributed by atoms with van der Waals surface area (Å²) in [5, 5.41) is 6.14. The van der Waals surface area contributed by atoms with Crippen molar-refractivity contribution in [2.24, 2.45) is 0 Å². The zero-order chi connectivity index (χ0) is 15.4. The number of carbonyl (C=O) groups excluding carboxylic acids is 1. The molecule has 3 rings (SSSR count). The van der Waals surface area contributed by atoms with Gasteiger partial charge in [-0.3, -0.25) is 9.78 Å². The first-order valence-corrected chi connectivity index (χ1v) is 7.45. The molecule has 0 bridgehead atoms. The number of amides is 1. The van der Waals surface area contributed by atoms with Crippen molar-refractivity contribution in [1.82, 2.24) is 10.3 Å². The molecular weight excluding hydrogens is 278 g/mol. The molecule has 2 aromatic rings. The standard InChI is InChI=1S/C17H19N3O2/c1-12-10-13(20-17(21)15-5-3-9-19-15)6-7-16(12)22-14-4-2-8-18-11-14/h2,4,6-8,10-11,15,19H,3,5,9H2,1H3,(H,20,21). The molecule has 0 saturated carbocycles. The van der Waals surface area contributed by atoms with Crippen LogP contribution in [-0.4, -0.2) is 23.5 Å². The molecule has 1 amide bonds. The van der Waals surface area contributed by atoms with E-state index >= 15 is 0 Å². The number of aromatic nitrogens is 1. The van der Waals surface area contributed by atoms with E-state index in [1.54, 1.807) is 12.4 Å². The van der Waals surface area contributed by atoms with Crippen LogP contribution >= 0.6 is 0 Å². The molecule has 22 heavy (non-hydrogen) atoms. The minimum atomic E-state index is -0.0772. The molecule has 1 atom stereocenters. The van der Waals surface area contributed by atoms with Crippen molar-refractivity contribution in [1.29, 1.82) is 0 Å². The maximum Gasteiger partial charge on any atom is 0.241 e. The van der Waals surface area contributed by atoms with E-state index in [1.165, 1.54) is 0 Å². The van der Waals surface area contributed by atoms with Crippen molar-refractivity contribution in [3.63, 3.8) is 0 Å². The summed E-state index contributed by atoms with van der Waals surface area (Å²) in [5.41, 5.74) is 1.75. The summed E-state index contributed by atoms with van der Waals surface area (Å²) in [6, 6.07) is 9.23. The van der Waals surface area contributed by atoms with Gasteiger partial charge in [-0.05, 0) is 62.2 Å². The summed E-state index contributed by atoms with van der Waals surface area (Å²) in [4.78, 5) is 16.1. The first kappa shape index (κ1) is 14.5. The van der Waals surface area contributed by atoms with Crippen molar-refractivity contribution < 1.29 is 9.53 Å². The predicted octanol–water partition coefficient (Wildman–Crippen LogP) is 2.87. The van der Waals surface area contributed by atoms with E-state index in [0.29, 0.717) is 5.75 Å². The zero-order valence-corrected chi connectivity index (χ0v) is 12.5.